The van der Waals surface area contributed by atoms with Crippen LogP contribution in [-0.2, 0) is 17.6 Å². The Morgan fingerprint density at radius 1 is 1.24 bits per heavy atom. The minimum Gasteiger partial charge on any atom is -0.492 e. The lowest BCUT2D eigenvalue weighted by Gasteiger charge is -2.26. The van der Waals surface area contributed by atoms with Gasteiger partial charge in [-0.05, 0) is 49.9 Å². The molecule has 1 heterocycles. The minimum absolute atomic E-state index is 0.654. The van der Waals surface area contributed by atoms with Crippen molar-refractivity contribution in [1.29, 1.82) is 0 Å². The van der Waals surface area contributed by atoms with Gasteiger partial charge in [0.2, 0.25) is 0 Å². The van der Waals surface area contributed by atoms with E-state index in [4.69, 9.17) is 21.1 Å². The van der Waals surface area contributed by atoms with Gasteiger partial charge in [0.15, 0.2) is 0 Å². The number of halogens is 1. The van der Waals surface area contributed by atoms with Crippen molar-refractivity contribution in [3.8, 4) is 5.75 Å². The molecule has 0 aliphatic carbocycles. The minimum atomic E-state index is 0.654. The lowest BCUT2D eigenvalue weighted by Crippen LogP contribution is -2.36. The summed E-state index contributed by atoms with van der Waals surface area (Å²) in [5.41, 5.74) is 2.53. The fourth-order valence-corrected chi connectivity index (χ4v) is 3.04. The van der Waals surface area contributed by atoms with Gasteiger partial charge in [-0.15, -0.1) is 0 Å². The third-order valence-electron chi connectivity index (χ3n) is 3.90. The third-order valence-corrected chi connectivity index (χ3v) is 4.18. The molecular weight excluding hydrogens is 286 g/mol. The van der Waals surface area contributed by atoms with Gasteiger partial charge in [0.05, 0.1) is 24.8 Å². The van der Waals surface area contributed by atoms with Crippen molar-refractivity contribution in [2.75, 3.05) is 39.5 Å². The first-order valence-corrected chi connectivity index (χ1v) is 8.36. The van der Waals surface area contributed by atoms with Crippen LogP contribution in [0.5, 0.6) is 5.75 Å². The predicted molar refractivity (Wildman–Crippen MR) is 87.6 cm³/mol. The maximum Gasteiger partial charge on any atom is 0.141 e. The van der Waals surface area contributed by atoms with Crippen LogP contribution in [-0.4, -0.2) is 44.4 Å². The number of hydrogen-bond donors (Lipinski definition) is 0. The molecule has 0 bridgehead atoms. The zero-order valence-corrected chi connectivity index (χ0v) is 13.9. The van der Waals surface area contributed by atoms with Crippen LogP contribution >= 0.6 is 11.6 Å². The van der Waals surface area contributed by atoms with E-state index in [1.165, 1.54) is 11.1 Å². The van der Waals surface area contributed by atoms with Crippen LogP contribution in [0, 0.1) is 0 Å². The highest BCUT2D eigenvalue weighted by Crippen LogP contribution is 2.31. The molecule has 1 fully saturated rings. The van der Waals surface area contributed by atoms with Crippen molar-refractivity contribution in [2.24, 2.45) is 0 Å². The Hall–Kier alpha value is -0.770. The molecule has 0 saturated carbocycles. The largest absolute Gasteiger partial charge is 0.492 e. The van der Waals surface area contributed by atoms with Crippen molar-refractivity contribution >= 4 is 11.6 Å². The van der Waals surface area contributed by atoms with Gasteiger partial charge in [-0.25, -0.2) is 0 Å². The van der Waals surface area contributed by atoms with E-state index in [1.807, 2.05) is 13.0 Å². The first kappa shape index (κ1) is 16.6. The average Bonchev–Trinajstić information content (AvgIpc) is 2.51. The quantitative estimate of drug-likeness (QED) is 0.768. The standard InChI is InChI=1S/C17H26ClNO2/c1-3-14-12-15(17(21-4-2)16(18)13-14)6-5-7-19-8-10-20-11-9-19/h12-13H,3-11H2,1-2H3. The van der Waals surface area contributed by atoms with Gasteiger partial charge in [0.25, 0.3) is 0 Å². The lowest BCUT2D eigenvalue weighted by molar-refractivity contribution is 0.0374. The Morgan fingerprint density at radius 3 is 2.67 bits per heavy atom. The van der Waals surface area contributed by atoms with Crippen molar-refractivity contribution in [3.63, 3.8) is 0 Å². The fraction of sp³-hybridized carbons (Fsp3) is 0.647. The van der Waals surface area contributed by atoms with Crippen LogP contribution in [0.4, 0.5) is 0 Å². The highest BCUT2D eigenvalue weighted by molar-refractivity contribution is 6.32. The Bertz CT molecular complexity index is 445. The number of ether oxygens (including phenoxy) is 2. The fourth-order valence-electron chi connectivity index (χ4n) is 2.73. The predicted octanol–water partition coefficient (Wildman–Crippen LogP) is 3.57. The summed E-state index contributed by atoms with van der Waals surface area (Å²) in [7, 11) is 0. The molecule has 0 N–H and O–H groups in total. The maximum absolute atomic E-state index is 6.37. The van der Waals surface area contributed by atoms with E-state index in [1.54, 1.807) is 0 Å². The molecule has 1 saturated heterocycles. The van der Waals surface area contributed by atoms with E-state index in [0.717, 1.165) is 62.9 Å². The summed E-state index contributed by atoms with van der Waals surface area (Å²) in [6.07, 6.45) is 3.15. The first-order valence-electron chi connectivity index (χ1n) is 7.98. The van der Waals surface area contributed by atoms with E-state index in [2.05, 4.69) is 17.9 Å². The van der Waals surface area contributed by atoms with Crippen LogP contribution < -0.4 is 4.74 Å². The zero-order valence-electron chi connectivity index (χ0n) is 13.2. The van der Waals surface area contributed by atoms with Gasteiger partial charge < -0.3 is 9.47 Å². The highest BCUT2D eigenvalue weighted by Gasteiger charge is 2.13. The Balaban J connectivity index is 1.97. The van der Waals surface area contributed by atoms with Crippen molar-refractivity contribution < 1.29 is 9.47 Å². The topological polar surface area (TPSA) is 21.7 Å². The summed E-state index contributed by atoms with van der Waals surface area (Å²) in [6, 6.07) is 4.27. The normalized spacial score (nSPS) is 16.1. The van der Waals surface area contributed by atoms with Crippen molar-refractivity contribution in [2.45, 2.75) is 33.1 Å². The second kappa shape index (κ2) is 8.62. The van der Waals surface area contributed by atoms with Crippen LogP contribution in [0.15, 0.2) is 12.1 Å². The van der Waals surface area contributed by atoms with E-state index < -0.39 is 0 Å². The number of benzene rings is 1. The molecule has 0 radical (unpaired) electrons. The molecule has 1 aromatic carbocycles. The zero-order chi connectivity index (χ0) is 15.1. The van der Waals surface area contributed by atoms with Crippen molar-refractivity contribution in [1.82, 2.24) is 4.90 Å². The molecule has 0 atom stereocenters. The number of nitrogens with zero attached hydrogens (tertiary/aromatic N) is 1. The summed E-state index contributed by atoms with van der Waals surface area (Å²) in [5, 5.41) is 0.748. The van der Waals surface area contributed by atoms with Crippen LogP contribution in [0.1, 0.15) is 31.4 Å². The Labute approximate surface area is 133 Å². The monoisotopic (exact) mass is 311 g/mol. The summed E-state index contributed by atoms with van der Waals surface area (Å²) >= 11 is 6.37. The Kier molecular flexibility index (Phi) is 6.81. The average molecular weight is 312 g/mol. The summed E-state index contributed by atoms with van der Waals surface area (Å²) in [4.78, 5) is 2.47. The van der Waals surface area contributed by atoms with E-state index in [-0.39, 0.29) is 0 Å². The molecule has 1 aliphatic rings. The van der Waals surface area contributed by atoms with E-state index in [0.29, 0.717) is 6.61 Å². The molecule has 1 aromatic rings. The molecule has 0 amide bonds. The summed E-state index contributed by atoms with van der Waals surface area (Å²) in [6.45, 7) is 9.75. The van der Waals surface area contributed by atoms with Crippen molar-refractivity contribution in [3.05, 3.63) is 28.3 Å². The van der Waals surface area contributed by atoms with Gasteiger partial charge in [-0.1, -0.05) is 24.6 Å². The highest BCUT2D eigenvalue weighted by atomic mass is 35.5. The number of aryl methyl sites for hydroxylation is 2. The van der Waals surface area contributed by atoms with Gasteiger partial charge in [0, 0.05) is 13.1 Å². The van der Waals surface area contributed by atoms with E-state index >= 15 is 0 Å². The molecule has 0 aromatic heterocycles. The molecule has 3 nitrogen and oxygen atoms in total. The van der Waals surface area contributed by atoms with Gasteiger partial charge in [0.1, 0.15) is 5.75 Å². The molecule has 118 valence electrons. The van der Waals surface area contributed by atoms with Gasteiger partial charge >= 0.3 is 0 Å². The van der Waals surface area contributed by atoms with E-state index in [9.17, 15) is 0 Å². The number of hydrogen-bond acceptors (Lipinski definition) is 3. The summed E-state index contributed by atoms with van der Waals surface area (Å²) < 4.78 is 11.1. The first-order chi connectivity index (χ1) is 10.2. The molecule has 0 unspecified atom stereocenters. The third kappa shape index (κ3) is 4.87. The SMILES string of the molecule is CCOc1c(Cl)cc(CC)cc1CCCN1CCOCC1. The second-order valence-electron chi connectivity index (χ2n) is 5.41. The Morgan fingerprint density at radius 2 is 2.00 bits per heavy atom. The van der Waals surface area contributed by atoms with Crippen LogP contribution in [0.25, 0.3) is 0 Å². The van der Waals surface area contributed by atoms with Gasteiger partial charge in [-0.3, -0.25) is 4.90 Å². The summed E-state index contributed by atoms with van der Waals surface area (Å²) in [5.74, 6) is 0.873. The smallest absolute Gasteiger partial charge is 0.141 e. The molecular formula is C17H26ClNO2. The van der Waals surface area contributed by atoms with Crippen LogP contribution in [0.2, 0.25) is 5.02 Å². The molecule has 2 rings (SSSR count). The molecule has 0 spiro atoms. The molecule has 21 heavy (non-hydrogen) atoms. The lowest BCUT2D eigenvalue weighted by atomic mass is 10.0. The second-order valence-corrected chi connectivity index (χ2v) is 5.82. The number of morpholine rings is 1. The van der Waals surface area contributed by atoms with Gasteiger partial charge in [-0.2, -0.15) is 0 Å². The van der Waals surface area contributed by atoms with Crippen LogP contribution in [0.3, 0.4) is 0 Å². The molecule has 1 aliphatic heterocycles. The molecule has 4 heteroatoms. The maximum atomic E-state index is 6.37. The number of rotatable bonds is 7.